The smallest absolute Gasteiger partial charge is 0.225 e. The Morgan fingerprint density at radius 1 is 1.30 bits per heavy atom. The van der Waals surface area contributed by atoms with Crippen molar-refractivity contribution in [1.82, 2.24) is 25.3 Å². The number of aliphatic imine (C=N–C) groups is 1. The van der Waals surface area contributed by atoms with Gasteiger partial charge in [-0.2, -0.15) is 5.10 Å². The number of para-hydroxylation sites is 1. The Bertz CT molecular complexity index is 892. The first-order chi connectivity index (χ1) is 13.9. The molecule has 0 radical (unpaired) electrons. The minimum atomic E-state index is 0. The van der Waals surface area contributed by atoms with Gasteiger partial charge in [0.1, 0.15) is 0 Å². The van der Waals surface area contributed by atoms with Gasteiger partial charge in [0, 0.05) is 44.3 Å². The first-order valence-electron chi connectivity index (χ1n) is 10.3. The van der Waals surface area contributed by atoms with Crippen LogP contribution in [0.2, 0.25) is 0 Å². The highest BCUT2D eigenvalue weighted by atomic mass is 127. The Balaban J connectivity index is 0.00000320. The third-order valence-electron chi connectivity index (χ3n) is 5.23. The van der Waals surface area contributed by atoms with Crippen molar-refractivity contribution in [2.24, 2.45) is 10.9 Å². The van der Waals surface area contributed by atoms with Gasteiger partial charge in [0.2, 0.25) is 5.91 Å². The molecule has 0 aliphatic carbocycles. The van der Waals surface area contributed by atoms with Crippen LogP contribution >= 0.6 is 24.0 Å². The minimum absolute atomic E-state index is 0. The second-order valence-electron chi connectivity index (χ2n) is 7.96. The number of carbonyl (C=O) groups is 1. The van der Waals surface area contributed by atoms with E-state index < -0.39 is 0 Å². The lowest BCUT2D eigenvalue weighted by Crippen LogP contribution is -2.45. The first kappa shape index (κ1) is 24.2. The lowest BCUT2D eigenvalue weighted by molar-refractivity contribution is -0.133. The number of hydrogen-bond donors (Lipinski definition) is 2. The summed E-state index contributed by atoms with van der Waals surface area (Å²) in [5, 5.41) is 11.5. The summed E-state index contributed by atoms with van der Waals surface area (Å²) in [6.45, 7) is 10.1. The molecule has 0 saturated carbocycles. The Morgan fingerprint density at radius 3 is 2.67 bits per heavy atom. The molecule has 1 atom stereocenters. The summed E-state index contributed by atoms with van der Waals surface area (Å²) in [6, 6.07) is 10.5. The minimum Gasteiger partial charge on any atom is -0.352 e. The molecule has 1 fully saturated rings. The number of nitrogens with zero attached hydrogens (tertiary/aromatic N) is 4. The van der Waals surface area contributed by atoms with E-state index in [1.165, 1.54) is 0 Å². The van der Waals surface area contributed by atoms with Gasteiger partial charge >= 0.3 is 0 Å². The van der Waals surface area contributed by atoms with E-state index in [1.807, 2.05) is 42.5 Å². The van der Waals surface area contributed by atoms with Crippen molar-refractivity contribution in [2.45, 2.75) is 46.7 Å². The fourth-order valence-electron chi connectivity index (χ4n) is 3.75. The molecular weight excluding hydrogens is 491 g/mol. The van der Waals surface area contributed by atoms with Crippen molar-refractivity contribution >= 4 is 35.8 Å². The summed E-state index contributed by atoms with van der Waals surface area (Å²) in [5.74, 6) is 1.00. The molecule has 1 aliphatic rings. The van der Waals surface area contributed by atoms with Gasteiger partial charge in [0.05, 0.1) is 11.4 Å². The third kappa shape index (κ3) is 5.74. The van der Waals surface area contributed by atoms with Crippen molar-refractivity contribution in [3.05, 3.63) is 47.3 Å². The zero-order valence-corrected chi connectivity index (χ0v) is 20.8. The molecule has 7 nitrogen and oxygen atoms in total. The van der Waals surface area contributed by atoms with Gasteiger partial charge in [-0.3, -0.25) is 9.79 Å². The van der Waals surface area contributed by atoms with Gasteiger partial charge in [-0.05, 0) is 38.0 Å². The highest BCUT2D eigenvalue weighted by Gasteiger charge is 2.28. The number of nitrogens with one attached hydrogen (secondary N) is 2. The average Bonchev–Trinajstić information content (AvgIpc) is 3.30. The zero-order chi connectivity index (χ0) is 21.0. The Morgan fingerprint density at radius 2 is 2.03 bits per heavy atom. The van der Waals surface area contributed by atoms with Crippen LogP contribution in [0.1, 0.15) is 37.2 Å². The fourth-order valence-corrected chi connectivity index (χ4v) is 3.75. The predicted octanol–water partition coefficient (Wildman–Crippen LogP) is 3.03. The lowest BCUT2D eigenvalue weighted by Gasteiger charge is -2.20. The number of carbonyl (C=O) groups excluding carboxylic acids is 1. The Kier molecular flexibility index (Phi) is 8.69. The van der Waals surface area contributed by atoms with Crippen LogP contribution < -0.4 is 10.6 Å². The number of halogens is 1. The number of amides is 1. The number of rotatable bonds is 5. The summed E-state index contributed by atoms with van der Waals surface area (Å²) in [5.41, 5.74) is 4.32. The highest BCUT2D eigenvalue weighted by molar-refractivity contribution is 14.0. The zero-order valence-electron chi connectivity index (χ0n) is 18.5. The Hall–Kier alpha value is -2.10. The van der Waals surface area contributed by atoms with Gasteiger partial charge in [-0.1, -0.05) is 32.0 Å². The monoisotopic (exact) mass is 524 g/mol. The van der Waals surface area contributed by atoms with E-state index in [0.29, 0.717) is 6.54 Å². The van der Waals surface area contributed by atoms with E-state index in [-0.39, 0.29) is 41.8 Å². The molecule has 0 spiro atoms. The topological polar surface area (TPSA) is 74.6 Å². The number of aryl methyl sites for hydroxylation is 2. The molecule has 1 amide bonds. The molecule has 3 rings (SSSR count). The summed E-state index contributed by atoms with van der Waals surface area (Å²) in [7, 11) is 1.77. The Labute approximate surface area is 196 Å². The van der Waals surface area contributed by atoms with E-state index in [9.17, 15) is 4.79 Å². The second kappa shape index (κ2) is 10.8. The van der Waals surface area contributed by atoms with Crippen molar-refractivity contribution in [3.63, 3.8) is 0 Å². The maximum absolute atomic E-state index is 12.2. The van der Waals surface area contributed by atoms with Gasteiger partial charge in [0.15, 0.2) is 5.96 Å². The number of hydrogen-bond acceptors (Lipinski definition) is 3. The first-order valence-corrected chi connectivity index (χ1v) is 10.3. The van der Waals surface area contributed by atoms with Gasteiger partial charge < -0.3 is 15.5 Å². The van der Waals surface area contributed by atoms with Crippen molar-refractivity contribution in [2.75, 3.05) is 20.1 Å². The quantitative estimate of drug-likeness (QED) is 0.359. The van der Waals surface area contributed by atoms with Gasteiger partial charge in [-0.25, -0.2) is 4.68 Å². The molecule has 2 N–H and O–H groups in total. The van der Waals surface area contributed by atoms with Crippen molar-refractivity contribution < 1.29 is 4.79 Å². The molecule has 0 bridgehead atoms. The van der Waals surface area contributed by atoms with Crippen LogP contribution in [-0.2, 0) is 11.3 Å². The molecule has 1 unspecified atom stereocenters. The summed E-state index contributed by atoms with van der Waals surface area (Å²) in [4.78, 5) is 18.5. The average molecular weight is 524 g/mol. The molecule has 1 aromatic heterocycles. The van der Waals surface area contributed by atoms with E-state index in [0.717, 1.165) is 48.1 Å². The molecule has 164 valence electrons. The maximum atomic E-state index is 12.2. The number of guanidine groups is 1. The third-order valence-corrected chi connectivity index (χ3v) is 5.23. The standard InChI is InChI=1S/C22H32N6O.HI/c1-15(2)21(29)27-11-10-19(14-27)25-22(23-5)24-13-18-8-6-7-9-20(18)28-17(4)12-16(3)26-28;/h6-9,12,15,19H,10-11,13-14H2,1-5H3,(H2,23,24,25);1H. The fraction of sp³-hybridized carbons (Fsp3) is 0.500. The van der Waals surface area contributed by atoms with Crippen LogP contribution in [0.15, 0.2) is 35.3 Å². The molecule has 8 heteroatoms. The number of benzene rings is 1. The summed E-state index contributed by atoms with van der Waals surface area (Å²) < 4.78 is 1.98. The summed E-state index contributed by atoms with van der Waals surface area (Å²) in [6.07, 6.45) is 0.932. The molecule has 1 aromatic carbocycles. The van der Waals surface area contributed by atoms with Crippen LogP contribution in [0, 0.1) is 19.8 Å². The van der Waals surface area contributed by atoms with Gasteiger partial charge in [0.25, 0.3) is 0 Å². The SMILES string of the molecule is CN=C(NCc1ccccc1-n1nc(C)cc1C)NC1CCN(C(=O)C(C)C)C1.I. The van der Waals surface area contributed by atoms with Crippen LogP contribution in [0.4, 0.5) is 0 Å². The molecule has 2 heterocycles. The van der Waals surface area contributed by atoms with E-state index in [2.05, 4.69) is 45.8 Å². The van der Waals surface area contributed by atoms with E-state index >= 15 is 0 Å². The number of aromatic nitrogens is 2. The van der Waals surface area contributed by atoms with Gasteiger partial charge in [-0.15, -0.1) is 24.0 Å². The van der Waals surface area contributed by atoms with Crippen LogP contribution in [0.5, 0.6) is 0 Å². The van der Waals surface area contributed by atoms with E-state index in [1.54, 1.807) is 7.05 Å². The van der Waals surface area contributed by atoms with Crippen molar-refractivity contribution in [1.29, 1.82) is 0 Å². The van der Waals surface area contributed by atoms with Crippen molar-refractivity contribution in [3.8, 4) is 5.69 Å². The molecular formula is C22H33IN6O. The maximum Gasteiger partial charge on any atom is 0.225 e. The van der Waals surface area contributed by atoms with Crippen LogP contribution in [0.3, 0.4) is 0 Å². The van der Waals surface area contributed by atoms with E-state index in [4.69, 9.17) is 0 Å². The normalized spacial score (nSPS) is 16.5. The number of likely N-dealkylation sites (tertiary alicyclic amines) is 1. The molecule has 1 saturated heterocycles. The molecule has 1 aliphatic heterocycles. The van der Waals surface area contributed by atoms with Crippen LogP contribution in [0.25, 0.3) is 5.69 Å². The lowest BCUT2D eigenvalue weighted by atomic mass is 10.1. The molecule has 30 heavy (non-hydrogen) atoms. The largest absolute Gasteiger partial charge is 0.352 e. The highest BCUT2D eigenvalue weighted by Crippen LogP contribution is 2.17. The van der Waals surface area contributed by atoms with Crippen LogP contribution in [-0.4, -0.2) is 52.7 Å². The predicted molar refractivity (Wildman–Crippen MR) is 132 cm³/mol. The second-order valence-corrected chi connectivity index (χ2v) is 7.96. The summed E-state index contributed by atoms with van der Waals surface area (Å²) >= 11 is 0. The molecule has 2 aromatic rings.